The van der Waals surface area contributed by atoms with Crippen LogP contribution in [0.3, 0.4) is 0 Å². The van der Waals surface area contributed by atoms with E-state index < -0.39 is 0 Å². The maximum absolute atomic E-state index is 8.70. The molecular weight excluding hydrogens is 312 g/mol. The highest BCUT2D eigenvalue weighted by molar-refractivity contribution is 9.10. The van der Waals surface area contributed by atoms with E-state index in [1.807, 2.05) is 36.4 Å². The average Bonchev–Trinajstić information content (AvgIpc) is 2.84. The molecule has 96 valence electrons. The monoisotopic (exact) mass is 326 g/mol. The van der Waals surface area contributed by atoms with Crippen molar-refractivity contribution < 1.29 is 9.52 Å². The molecule has 1 aromatic heterocycles. The standard InChI is InChI=1S/C14H15BrO2S/c15-12-4-2-11(3-5-12)14-7-6-13(17-14)10-18-9-1-8-16/h2-7,16H,1,8-10H2. The highest BCUT2D eigenvalue weighted by atomic mass is 79.9. The van der Waals surface area contributed by atoms with Crippen LogP contribution in [0.2, 0.25) is 0 Å². The summed E-state index contributed by atoms with van der Waals surface area (Å²) >= 11 is 5.20. The molecule has 0 aliphatic carbocycles. The van der Waals surface area contributed by atoms with Gasteiger partial charge in [0, 0.05) is 16.6 Å². The Labute approximate surface area is 120 Å². The van der Waals surface area contributed by atoms with Gasteiger partial charge in [0.1, 0.15) is 11.5 Å². The number of furan rings is 1. The molecule has 0 aliphatic rings. The summed E-state index contributed by atoms with van der Waals surface area (Å²) in [5.74, 6) is 3.71. The summed E-state index contributed by atoms with van der Waals surface area (Å²) in [6, 6.07) is 12.1. The van der Waals surface area contributed by atoms with Gasteiger partial charge in [0.15, 0.2) is 0 Å². The highest BCUT2D eigenvalue weighted by Gasteiger charge is 2.04. The highest BCUT2D eigenvalue weighted by Crippen LogP contribution is 2.25. The number of rotatable bonds is 6. The molecule has 0 spiro atoms. The van der Waals surface area contributed by atoms with E-state index in [2.05, 4.69) is 15.9 Å². The van der Waals surface area contributed by atoms with Crippen LogP contribution in [0.15, 0.2) is 45.3 Å². The third-order valence-electron chi connectivity index (χ3n) is 2.48. The van der Waals surface area contributed by atoms with Gasteiger partial charge in [-0.3, -0.25) is 0 Å². The van der Waals surface area contributed by atoms with Crippen molar-refractivity contribution in [3.8, 4) is 11.3 Å². The van der Waals surface area contributed by atoms with Crippen molar-refractivity contribution >= 4 is 27.7 Å². The van der Waals surface area contributed by atoms with Crippen molar-refractivity contribution in [1.82, 2.24) is 0 Å². The van der Waals surface area contributed by atoms with Crippen LogP contribution in [-0.4, -0.2) is 17.5 Å². The second-order valence-electron chi connectivity index (χ2n) is 3.90. The number of hydrogen-bond acceptors (Lipinski definition) is 3. The van der Waals surface area contributed by atoms with E-state index in [0.29, 0.717) is 0 Å². The first-order valence-electron chi connectivity index (χ1n) is 5.83. The molecule has 0 bridgehead atoms. The topological polar surface area (TPSA) is 33.4 Å². The average molecular weight is 327 g/mol. The minimum Gasteiger partial charge on any atom is -0.460 e. The van der Waals surface area contributed by atoms with Crippen LogP contribution in [0.5, 0.6) is 0 Å². The summed E-state index contributed by atoms with van der Waals surface area (Å²) in [6.45, 7) is 0.259. The van der Waals surface area contributed by atoms with Gasteiger partial charge in [-0.2, -0.15) is 11.8 Å². The fourth-order valence-corrected chi connectivity index (χ4v) is 2.66. The Morgan fingerprint density at radius 1 is 1.11 bits per heavy atom. The van der Waals surface area contributed by atoms with Gasteiger partial charge in [-0.1, -0.05) is 28.1 Å². The van der Waals surface area contributed by atoms with Gasteiger partial charge in [0.25, 0.3) is 0 Å². The lowest BCUT2D eigenvalue weighted by Gasteiger charge is -1.99. The largest absolute Gasteiger partial charge is 0.460 e. The Kier molecular flexibility index (Phi) is 5.35. The molecule has 18 heavy (non-hydrogen) atoms. The van der Waals surface area contributed by atoms with E-state index in [1.165, 1.54) is 0 Å². The van der Waals surface area contributed by atoms with Gasteiger partial charge >= 0.3 is 0 Å². The third kappa shape index (κ3) is 3.90. The van der Waals surface area contributed by atoms with Crippen molar-refractivity contribution in [3.63, 3.8) is 0 Å². The van der Waals surface area contributed by atoms with Crippen molar-refractivity contribution in [2.45, 2.75) is 12.2 Å². The Hall–Kier alpha value is -0.710. The second-order valence-corrected chi connectivity index (χ2v) is 5.92. The van der Waals surface area contributed by atoms with E-state index in [-0.39, 0.29) is 6.61 Å². The molecule has 0 atom stereocenters. The molecule has 0 fully saturated rings. The minimum absolute atomic E-state index is 0.259. The smallest absolute Gasteiger partial charge is 0.134 e. The van der Waals surface area contributed by atoms with Gasteiger partial charge in [-0.25, -0.2) is 0 Å². The Morgan fingerprint density at radius 2 is 1.89 bits per heavy atom. The van der Waals surface area contributed by atoms with E-state index in [0.717, 1.165) is 39.5 Å². The first-order valence-corrected chi connectivity index (χ1v) is 7.77. The summed E-state index contributed by atoms with van der Waals surface area (Å²) in [6.07, 6.45) is 0.838. The van der Waals surface area contributed by atoms with Crippen LogP contribution >= 0.6 is 27.7 Å². The SMILES string of the molecule is OCCCSCc1ccc(-c2ccc(Br)cc2)o1. The maximum Gasteiger partial charge on any atom is 0.134 e. The van der Waals surface area contributed by atoms with Crippen LogP contribution in [-0.2, 0) is 5.75 Å². The number of hydrogen-bond donors (Lipinski definition) is 1. The fourth-order valence-electron chi connectivity index (χ4n) is 1.56. The zero-order valence-corrected chi connectivity index (χ0v) is 12.3. The number of halogens is 1. The Morgan fingerprint density at radius 3 is 2.61 bits per heavy atom. The molecule has 2 aromatic rings. The van der Waals surface area contributed by atoms with Gasteiger partial charge in [0.05, 0.1) is 5.75 Å². The predicted molar refractivity (Wildman–Crippen MR) is 79.7 cm³/mol. The lowest BCUT2D eigenvalue weighted by Crippen LogP contribution is -1.86. The second kappa shape index (κ2) is 7.02. The number of aliphatic hydroxyl groups is 1. The quantitative estimate of drug-likeness (QED) is 0.802. The molecule has 0 saturated carbocycles. The fraction of sp³-hybridized carbons (Fsp3) is 0.286. The van der Waals surface area contributed by atoms with E-state index in [1.54, 1.807) is 11.8 Å². The van der Waals surface area contributed by atoms with Crippen molar-refractivity contribution in [1.29, 1.82) is 0 Å². The molecule has 1 aromatic carbocycles. The lowest BCUT2D eigenvalue weighted by molar-refractivity contribution is 0.296. The van der Waals surface area contributed by atoms with Crippen LogP contribution in [0, 0.1) is 0 Å². The molecule has 0 unspecified atom stereocenters. The van der Waals surface area contributed by atoms with Crippen molar-refractivity contribution in [2.24, 2.45) is 0 Å². The molecule has 4 heteroatoms. The molecule has 2 nitrogen and oxygen atoms in total. The molecule has 1 N–H and O–H groups in total. The maximum atomic E-state index is 8.70. The number of benzene rings is 1. The van der Waals surface area contributed by atoms with Crippen LogP contribution in [0.1, 0.15) is 12.2 Å². The van der Waals surface area contributed by atoms with Gasteiger partial charge in [0.2, 0.25) is 0 Å². The Bertz CT molecular complexity index is 479. The van der Waals surface area contributed by atoms with E-state index in [4.69, 9.17) is 9.52 Å². The van der Waals surface area contributed by atoms with E-state index >= 15 is 0 Å². The summed E-state index contributed by atoms with van der Waals surface area (Å²) in [5, 5.41) is 8.70. The predicted octanol–water partition coefficient (Wildman–Crippen LogP) is 4.32. The van der Waals surface area contributed by atoms with Gasteiger partial charge in [-0.15, -0.1) is 0 Å². The minimum atomic E-state index is 0.259. The van der Waals surface area contributed by atoms with Crippen molar-refractivity contribution in [2.75, 3.05) is 12.4 Å². The molecule has 1 heterocycles. The number of aliphatic hydroxyl groups excluding tert-OH is 1. The summed E-state index contributed by atoms with van der Waals surface area (Å²) < 4.78 is 6.86. The summed E-state index contributed by atoms with van der Waals surface area (Å²) in [5.41, 5.74) is 1.09. The number of thioether (sulfide) groups is 1. The molecule has 0 radical (unpaired) electrons. The van der Waals surface area contributed by atoms with Crippen molar-refractivity contribution in [3.05, 3.63) is 46.6 Å². The van der Waals surface area contributed by atoms with E-state index in [9.17, 15) is 0 Å². The summed E-state index contributed by atoms with van der Waals surface area (Å²) in [4.78, 5) is 0. The van der Waals surface area contributed by atoms with Gasteiger partial charge in [-0.05, 0) is 36.4 Å². The normalized spacial score (nSPS) is 10.8. The van der Waals surface area contributed by atoms with Gasteiger partial charge < -0.3 is 9.52 Å². The Balaban J connectivity index is 1.95. The molecule has 0 saturated heterocycles. The lowest BCUT2D eigenvalue weighted by atomic mass is 10.2. The zero-order chi connectivity index (χ0) is 12.8. The molecule has 2 rings (SSSR count). The van der Waals surface area contributed by atoms with Crippen LogP contribution in [0.25, 0.3) is 11.3 Å². The third-order valence-corrected chi connectivity index (χ3v) is 4.08. The zero-order valence-electron chi connectivity index (χ0n) is 9.93. The molecule has 0 aliphatic heterocycles. The molecular formula is C14H15BrO2S. The first kappa shape index (κ1) is 13.7. The summed E-state index contributed by atoms with van der Waals surface area (Å²) in [7, 11) is 0. The van der Waals surface area contributed by atoms with Crippen LogP contribution in [0.4, 0.5) is 0 Å². The first-order chi connectivity index (χ1) is 8.79. The molecule has 0 amide bonds. The van der Waals surface area contributed by atoms with Crippen LogP contribution < -0.4 is 0 Å².